The van der Waals surface area contributed by atoms with E-state index in [2.05, 4.69) is 0 Å². The molecular weight excluding hydrogens is 314 g/mol. The number of carboxylic acid groups (broad SMARTS) is 2. The molecule has 0 saturated heterocycles. The number of anilines is 1. The molecule has 0 bridgehead atoms. The van der Waals surface area contributed by atoms with Gasteiger partial charge >= 0.3 is 11.9 Å². The lowest BCUT2D eigenvalue weighted by Crippen LogP contribution is -2.14. The molecule has 0 spiro atoms. The third kappa shape index (κ3) is 3.05. The third-order valence-corrected chi connectivity index (χ3v) is 3.48. The minimum Gasteiger partial charge on any atom is -0.505 e. The number of phenolic OH excluding ortho intramolecular Hbond substituents is 1. The monoisotopic (exact) mass is 329 g/mol. The van der Waals surface area contributed by atoms with Crippen molar-refractivity contribution in [1.29, 1.82) is 0 Å². The molecule has 24 heavy (non-hydrogen) atoms. The SMILES string of the molecule is CN(C)c1cccc(C(=O)c2cc(C(=O)O)ccc2C(=O)O)c1O. The third-order valence-electron chi connectivity index (χ3n) is 3.48. The number of nitrogens with zero attached hydrogens (tertiary/aromatic N) is 1. The van der Waals surface area contributed by atoms with Gasteiger partial charge in [-0.3, -0.25) is 4.79 Å². The van der Waals surface area contributed by atoms with E-state index in [1.807, 2.05) is 0 Å². The summed E-state index contributed by atoms with van der Waals surface area (Å²) < 4.78 is 0. The van der Waals surface area contributed by atoms with E-state index in [1.54, 1.807) is 31.1 Å². The molecule has 0 unspecified atom stereocenters. The molecule has 0 radical (unpaired) electrons. The summed E-state index contributed by atoms with van der Waals surface area (Å²) in [7, 11) is 3.36. The number of benzene rings is 2. The Labute approximate surface area is 137 Å². The number of ketones is 1. The van der Waals surface area contributed by atoms with Gasteiger partial charge in [-0.2, -0.15) is 0 Å². The Morgan fingerprint density at radius 2 is 1.54 bits per heavy atom. The summed E-state index contributed by atoms with van der Waals surface area (Å²) in [6, 6.07) is 7.66. The van der Waals surface area contributed by atoms with Gasteiger partial charge in [-0.1, -0.05) is 6.07 Å². The van der Waals surface area contributed by atoms with Crippen molar-refractivity contribution in [2.24, 2.45) is 0 Å². The van der Waals surface area contributed by atoms with Crippen molar-refractivity contribution in [1.82, 2.24) is 0 Å². The molecule has 3 N–H and O–H groups in total. The minimum absolute atomic E-state index is 0.105. The number of aromatic carboxylic acids is 2. The van der Waals surface area contributed by atoms with Crippen LogP contribution in [0.3, 0.4) is 0 Å². The number of para-hydroxylation sites is 1. The maximum atomic E-state index is 12.7. The van der Waals surface area contributed by atoms with Crippen molar-refractivity contribution in [3.05, 3.63) is 58.7 Å². The largest absolute Gasteiger partial charge is 0.505 e. The maximum Gasteiger partial charge on any atom is 0.336 e. The Bertz CT molecular complexity index is 841. The van der Waals surface area contributed by atoms with Crippen molar-refractivity contribution in [2.45, 2.75) is 0 Å². The van der Waals surface area contributed by atoms with Crippen LogP contribution in [0.5, 0.6) is 5.75 Å². The molecule has 0 aliphatic rings. The molecule has 0 atom stereocenters. The van der Waals surface area contributed by atoms with Gasteiger partial charge in [-0.15, -0.1) is 0 Å². The predicted molar refractivity (Wildman–Crippen MR) is 86.2 cm³/mol. The lowest BCUT2D eigenvalue weighted by molar-refractivity contribution is 0.0679. The van der Waals surface area contributed by atoms with E-state index in [0.29, 0.717) is 5.69 Å². The number of aromatic hydroxyl groups is 1. The summed E-state index contributed by atoms with van der Waals surface area (Å²) in [6.45, 7) is 0. The average Bonchev–Trinajstić information content (AvgIpc) is 2.53. The first kappa shape index (κ1) is 17.0. The molecule has 0 aromatic heterocycles. The molecule has 0 aliphatic carbocycles. The van der Waals surface area contributed by atoms with Crippen molar-refractivity contribution in [3.8, 4) is 5.75 Å². The standard InChI is InChI=1S/C17H15NO6/c1-18(2)13-5-3-4-11(15(13)20)14(19)12-8-9(16(21)22)6-7-10(12)17(23)24/h3-8,20H,1-2H3,(H,21,22)(H,23,24). The molecule has 7 heteroatoms. The van der Waals surface area contributed by atoms with Crippen LogP contribution in [0.25, 0.3) is 0 Å². The minimum atomic E-state index is -1.36. The van der Waals surface area contributed by atoms with Gasteiger partial charge in [0.25, 0.3) is 0 Å². The number of rotatable bonds is 5. The van der Waals surface area contributed by atoms with E-state index < -0.39 is 17.7 Å². The van der Waals surface area contributed by atoms with E-state index in [4.69, 9.17) is 5.11 Å². The van der Waals surface area contributed by atoms with Crippen LogP contribution in [0.15, 0.2) is 36.4 Å². The van der Waals surface area contributed by atoms with Crippen molar-refractivity contribution >= 4 is 23.4 Å². The molecule has 2 aromatic rings. The van der Waals surface area contributed by atoms with Crippen molar-refractivity contribution in [3.63, 3.8) is 0 Å². The second-order valence-electron chi connectivity index (χ2n) is 5.27. The second-order valence-corrected chi connectivity index (χ2v) is 5.27. The summed E-state index contributed by atoms with van der Waals surface area (Å²) in [5, 5.41) is 28.6. The molecule has 0 aliphatic heterocycles. The first-order valence-corrected chi connectivity index (χ1v) is 6.88. The van der Waals surface area contributed by atoms with Crippen LogP contribution in [0.1, 0.15) is 36.6 Å². The summed E-state index contributed by atoms with van der Waals surface area (Å²) in [6.07, 6.45) is 0. The van der Waals surface area contributed by atoms with Crippen LogP contribution in [0.4, 0.5) is 5.69 Å². The van der Waals surface area contributed by atoms with Gasteiger partial charge in [0.15, 0.2) is 5.78 Å². The van der Waals surface area contributed by atoms with E-state index in [0.717, 1.165) is 18.2 Å². The fraction of sp³-hybridized carbons (Fsp3) is 0.118. The van der Waals surface area contributed by atoms with E-state index in [1.165, 1.54) is 6.07 Å². The molecule has 124 valence electrons. The fourth-order valence-electron chi connectivity index (χ4n) is 2.27. The summed E-state index contributed by atoms with van der Waals surface area (Å²) >= 11 is 0. The van der Waals surface area contributed by atoms with Gasteiger partial charge in [-0.25, -0.2) is 9.59 Å². The van der Waals surface area contributed by atoms with Gasteiger partial charge < -0.3 is 20.2 Å². The first-order chi connectivity index (χ1) is 11.2. The highest BCUT2D eigenvalue weighted by atomic mass is 16.4. The average molecular weight is 329 g/mol. The molecule has 2 aromatic carbocycles. The summed E-state index contributed by atoms with van der Waals surface area (Å²) in [4.78, 5) is 36.7. The lowest BCUT2D eigenvalue weighted by Gasteiger charge is -2.16. The molecule has 2 rings (SSSR count). The molecular formula is C17H15NO6. The van der Waals surface area contributed by atoms with Crippen LogP contribution in [-0.4, -0.2) is 47.1 Å². The van der Waals surface area contributed by atoms with Gasteiger partial charge in [0.1, 0.15) is 5.75 Å². The number of hydrogen-bond acceptors (Lipinski definition) is 5. The number of phenols is 1. The Hall–Kier alpha value is -3.35. The van der Waals surface area contributed by atoms with Crippen LogP contribution in [0.2, 0.25) is 0 Å². The fourth-order valence-corrected chi connectivity index (χ4v) is 2.27. The summed E-state index contributed by atoms with van der Waals surface area (Å²) in [5.74, 6) is -3.72. The topological polar surface area (TPSA) is 115 Å². The number of carboxylic acids is 2. The second kappa shape index (κ2) is 6.41. The van der Waals surface area contributed by atoms with E-state index in [-0.39, 0.29) is 28.0 Å². The van der Waals surface area contributed by atoms with Crippen LogP contribution in [0, 0.1) is 0 Å². The van der Waals surface area contributed by atoms with Crippen LogP contribution < -0.4 is 4.90 Å². The molecule has 7 nitrogen and oxygen atoms in total. The smallest absolute Gasteiger partial charge is 0.336 e. The molecule has 0 heterocycles. The highest BCUT2D eigenvalue weighted by molar-refractivity contribution is 6.16. The van der Waals surface area contributed by atoms with Gasteiger partial charge in [0.05, 0.1) is 22.4 Å². The van der Waals surface area contributed by atoms with Gasteiger partial charge in [0, 0.05) is 19.7 Å². The van der Waals surface area contributed by atoms with Crippen LogP contribution in [-0.2, 0) is 0 Å². The number of carbonyl (C=O) groups excluding carboxylic acids is 1. The Balaban J connectivity index is 2.65. The highest BCUT2D eigenvalue weighted by Crippen LogP contribution is 2.31. The Morgan fingerprint density at radius 3 is 2.08 bits per heavy atom. The van der Waals surface area contributed by atoms with E-state index >= 15 is 0 Å². The number of hydrogen-bond donors (Lipinski definition) is 3. The number of carbonyl (C=O) groups is 3. The molecule has 0 amide bonds. The van der Waals surface area contributed by atoms with E-state index in [9.17, 15) is 24.6 Å². The maximum absolute atomic E-state index is 12.7. The lowest BCUT2D eigenvalue weighted by atomic mass is 9.95. The van der Waals surface area contributed by atoms with Gasteiger partial charge in [0.2, 0.25) is 0 Å². The predicted octanol–water partition coefficient (Wildman–Crippen LogP) is 2.09. The quantitative estimate of drug-likeness (QED) is 0.719. The highest BCUT2D eigenvalue weighted by Gasteiger charge is 2.23. The zero-order valence-electron chi connectivity index (χ0n) is 13.0. The Morgan fingerprint density at radius 1 is 0.875 bits per heavy atom. The normalized spacial score (nSPS) is 10.2. The van der Waals surface area contributed by atoms with Crippen molar-refractivity contribution < 1.29 is 29.7 Å². The zero-order valence-corrected chi connectivity index (χ0v) is 13.0. The summed E-state index contributed by atoms with van der Waals surface area (Å²) in [5.41, 5.74) is -0.571. The zero-order chi connectivity index (χ0) is 18.0. The first-order valence-electron chi connectivity index (χ1n) is 6.88. The Kier molecular flexibility index (Phi) is 4.54. The van der Waals surface area contributed by atoms with Crippen LogP contribution >= 0.6 is 0 Å². The van der Waals surface area contributed by atoms with Crippen molar-refractivity contribution in [2.75, 3.05) is 19.0 Å². The molecule has 0 fully saturated rings. The molecule has 0 saturated carbocycles. The van der Waals surface area contributed by atoms with Gasteiger partial charge in [-0.05, 0) is 30.3 Å².